The van der Waals surface area contributed by atoms with E-state index in [0.717, 1.165) is 35.3 Å². The molecule has 6 heteroatoms. The van der Waals surface area contributed by atoms with Crippen molar-refractivity contribution >= 4 is 23.0 Å². The van der Waals surface area contributed by atoms with Gasteiger partial charge >= 0.3 is 0 Å². The van der Waals surface area contributed by atoms with Crippen molar-refractivity contribution in [2.45, 2.75) is 38.1 Å². The molecule has 1 heterocycles. The molecule has 0 fully saturated rings. The molecule has 1 amide bonds. The smallest absolute Gasteiger partial charge is 0.269 e. The Morgan fingerprint density at radius 2 is 2.14 bits per heavy atom. The molecule has 28 heavy (non-hydrogen) atoms. The Hall–Kier alpha value is -3.15. The second-order valence-corrected chi connectivity index (χ2v) is 7.43. The van der Waals surface area contributed by atoms with E-state index < -0.39 is 0 Å². The summed E-state index contributed by atoms with van der Waals surface area (Å²) in [6.45, 7) is 1.98. The SMILES string of the molecule is CCCC(=O)Nc1ccc2c(c1)C1C=CCC1C(c1cccc([N+](=O)[O-])c1)N2. The van der Waals surface area contributed by atoms with Gasteiger partial charge in [0.05, 0.1) is 11.0 Å². The second-order valence-electron chi connectivity index (χ2n) is 7.43. The third-order valence-electron chi connectivity index (χ3n) is 5.56. The first-order chi connectivity index (χ1) is 13.6. The maximum absolute atomic E-state index is 11.9. The van der Waals surface area contributed by atoms with Crippen LogP contribution in [0.3, 0.4) is 0 Å². The minimum atomic E-state index is -0.351. The van der Waals surface area contributed by atoms with E-state index in [1.54, 1.807) is 12.1 Å². The normalized spacial score (nSPS) is 22.1. The summed E-state index contributed by atoms with van der Waals surface area (Å²) < 4.78 is 0. The molecule has 0 radical (unpaired) electrons. The van der Waals surface area contributed by atoms with Crippen LogP contribution in [0.25, 0.3) is 0 Å². The predicted molar refractivity (Wildman–Crippen MR) is 109 cm³/mol. The number of anilines is 2. The van der Waals surface area contributed by atoms with Crippen molar-refractivity contribution in [3.05, 3.63) is 75.9 Å². The quantitative estimate of drug-likeness (QED) is 0.428. The summed E-state index contributed by atoms with van der Waals surface area (Å²) in [5.74, 6) is 0.541. The van der Waals surface area contributed by atoms with E-state index in [-0.39, 0.29) is 34.4 Å². The van der Waals surface area contributed by atoms with Crippen molar-refractivity contribution in [2.75, 3.05) is 10.6 Å². The Labute approximate surface area is 163 Å². The van der Waals surface area contributed by atoms with Crippen molar-refractivity contribution < 1.29 is 9.72 Å². The molecule has 2 aliphatic rings. The van der Waals surface area contributed by atoms with Gasteiger partial charge in [-0.15, -0.1) is 0 Å². The van der Waals surface area contributed by atoms with E-state index in [4.69, 9.17) is 0 Å². The predicted octanol–water partition coefficient (Wildman–Crippen LogP) is 5.16. The van der Waals surface area contributed by atoms with E-state index >= 15 is 0 Å². The van der Waals surface area contributed by atoms with Crippen LogP contribution in [0, 0.1) is 16.0 Å². The number of carbonyl (C=O) groups excluding carboxylic acids is 1. The molecule has 144 valence electrons. The Balaban J connectivity index is 1.66. The number of nitro benzene ring substituents is 1. The fourth-order valence-electron chi connectivity index (χ4n) is 4.28. The first kappa shape index (κ1) is 18.2. The molecule has 0 saturated heterocycles. The summed E-state index contributed by atoms with van der Waals surface area (Å²) in [5, 5.41) is 17.7. The number of rotatable bonds is 5. The van der Waals surface area contributed by atoms with Crippen molar-refractivity contribution in [1.29, 1.82) is 0 Å². The number of nitrogens with one attached hydrogen (secondary N) is 2. The average Bonchev–Trinajstić information content (AvgIpc) is 3.18. The summed E-state index contributed by atoms with van der Waals surface area (Å²) in [4.78, 5) is 22.8. The highest BCUT2D eigenvalue weighted by Gasteiger charge is 2.38. The van der Waals surface area contributed by atoms with E-state index in [0.29, 0.717) is 6.42 Å². The lowest BCUT2D eigenvalue weighted by atomic mass is 9.77. The van der Waals surface area contributed by atoms with Crippen molar-refractivity contribution in [2.24, 2.45) is 5.92 Å². The first-order valence-corrected chi connectivity index (χ1v) is 9.68. The van der Waals surface area contributed by atoms with Crippen LogP contribution in [0.1, 0.15) is 49.3 Å². The minimum Gasteiger partial charge on any atom is -0.378 e. The van der Waals surface area contributed by atoms with Crippen molar-refractivity contribution in [3.63, 3.8) is 0 Å². The molecule has 0 saturated carbocycles. The van der Waals surface area contributed by atoms with Crippen molar-refractivity contribution in [1.82, 2.24) is 0 Å². The second kappa shape index (κ2) is 7.46. The Bertz CT molecular complexity index is 954. The topological polar surface area (TPSA) is 84.3 Å². The monoisotopic (exact) mass is 377 g/mol. The average molecular weight is 377 g/mol. The third kappa shape index (κ3) is 3.38. The van der Waals surface area contributed by atoms with Crippen LogP contribution in [0.15, 0.2) is 54.6 Å². The summed E-state index contributed by atoms with van der Waals surface area (Å²) in [6.07, 6.45) is 6.63. The van der Waals surface area contributed by atoms with Gasteiger partial charge in [0, 0.05) is 35.8 Å². The van der Waals surface area contributed by atoms with Gasteiger partial charge in [0.1, 0.15) is 0 Å². The first-order valence-electron chi connectivity index (χ1n) is 9.68. The van der Waals surface area contributed by atoms with Crippen LogP contribution in [0.4, 0.5) is 17.1 Å². The molecule has 3 atom stereocenters. The van der Waals surface area contributed by atoms with E-state index in [9.17, 15) is 14.9 Å². The van der Waals surface area contributed by atoms with Gasteiger partial charge in [-0.3, -0.25) is 14.9 Å². The zero-order chi connectivity index (χ0) is 19.7. The number of nitro groups is 1. The maximum Gasteiger partial charge on any atom is 0.269 e. The molecule has 2 N–H and O–H groups in total. The van der Waals surface area contributed by atoms with Gasteiger partial charge in [-0.1, -0.05) is 31.2 Å². The zero-order valence-corrected chi connectivity index (χ0v) is 15.7. The van der Waals surface area contributed by atoms with Gasteiger partial charge in [-0.25, -0.2) is 0 Å². The standard InChI is InChI=1S/C22H23N3O3/c1-2-5-21(26)23-15-10-11-20-19(13-15)17-8-4-9-18(17)22(24-20)14-6-3-7-16(12-14)25(27)28/h3-4,6-8,10-13,17-18,22,24H,2,5,9H2,1H3,(H,23,26). The largest absolute Gasteiger partial charge is 0.378 e. The fraction of sp³-hybridized carbons (Fsp3) is 0.318. The van der Waals surface area contributed by atoms with Gasteiger partial charge in [0.15, 0.2) is 0 Å². The Kier molecular flexibility index (Phi) is 4.86. The molecule has 2 aromatic rings. The van der Waals surface area contributed by atoms with Crippen molar-refractivity contribution in [3.8, 4) is 0 Å². The molecule has 3 unspecified atom stereocenters. The Morgan fingerprint density at radius 3 is 2.93 bits per heavy atom. The van der Waals surface area contributed by atoms with Gasteiger partial charge in [0.25, 0.3) is 5.69 Å². The van der Waals surface area contributed by atoms with Crippen LogP contribution in [0.2, 0.25) is 0 Å². The lowest BCUT2D eigenvalue weighted by molar-refractivity contribution is -0.384. The number of benzene rings is 2. The maximum atomic E-state index is 11.9. The summed E-state index contributed by atoms with van der Waals surface area (Å²) in [7, 11) is 0. The molecule has 1 aliphatic heterocycles. The third-order valence-corrected chi connectivity index (χ3v) is 5.56. The molecule has 1 aliphatic carbocycles. The van der Waals surface area contributed by atoms with E-state index in [1.165, 1.54) is 6.07 Å². The number of fused-ring (bicyclic) bond motifs is 3. The number of hydrogen-bond donors (Lipinski definition) is 2. The number of carbonyl (C=O) groups is 1. The summed E-state index contributed by atoms with van der Waals surface area (Å²) in [5.41, 5.74) is 4.03. The lowest BCUT2D eigenvalue weighted by Gasteiger charge is -2.37. The zero-order valence-electron chi connectivity index (χ0n) is 15.7. The number of hydrogen-bond acceptors (Lipinski definition) is 4. The van der Waals surface area contributed by atoms with Crippen LogP contribution in [-0.4, -0.2) is 10.8 Å². The van der Waals surface area contributed by atoms with Gasteiger partial charge in [-0.05, 0) is 48.1 Å². The van der Waals surface area contributed by atoms with Crippen LogP contribution in [-0.2, 0) is 4.79 Å². The van der Waals surface area contributed by atoms with Gasteiger partial charge in [-0.2, -0.15) is 0 Å². The molecule has 2 aromatic carbocycles. The van der Waals surface area contributed by atoms with Gasteiger partial charge < -0.3 is 10.6 Å². The molecule has 6 nitrogen and oxygen atoms in total. The molecular formula is C22H23N3O3. The van der Waals surface area contributed by atoms with Crippen LogP contribution < -0.4 is 10.6 Å². The number of amides is 1. The highest BCUT2D eigenvalue weighted by atomic mass is 16.6. The molecule has 0 aromatic heterocycles. The van der Waals surface area contributed by atoms with Crippen LogP contribution >= 0.6 is 0 Å². The van der Waals surface area contributed by atoms with Gasteiger partial charge in [0.2, 0.25) is 5.91 Å². The number of non-ortho nitro benzene ring substituents is 1. The molecule has 0 spiro atoms. The molecule has 0 bridgehead atoms. The highest BCUT2D eigenvalue weighted by molar-refractivity contribution is 5.91. The number of allylic oxidation sites excluding steroid dienone is 2. The van der Waals surface area contributed by atoms with Crippen LogP contribution in [0.5, 0.6) is 0 Å². The minimum absolute atomic E-state index is 0.00734. The molecular weight excluding hydrogens is 354 g/mol. The van der Waals surface area contributed by atoms with E-state index in [2.05, 4.69) is 22.8 Å². The highest BCUT2D eigenvalue weighted by Crippen LogP contribution is 2.50. The molecule has 4 rings (SSSR count). The number of nitrogens with zero attached hydrogens (tertiary/aromatic N) is 1. The summed E-state index contributed by atoms with van der Waals surface area (Å²) in [6, 6.07) is 12.8. The Morgan fingerprint density at radius 1 is 1.29 bits per heavy atom. The fourth-order valence-corrected chi connectivity index (χ4v) is 4.28. The van der Waals surface area contributed by atoms with E-state index in [1.807, 2.05) is 31.2 Å². The lowest BCUT2D eigenvalue weighted by Crippen LogP contribution is -2.29. The summed E-state index contributed by atoms with van der Waals surface area (Å²) >= 11 is 0.